The summed E-state index contributed by atoms with van der Waals surface area (Å²) in [7, 11) is 0. The monoisotopic (exact) mass is 272 g/mol. The van der Waals surface area contributed by atoms with Crippen LogP contribution in [0.4, 0.5) is 5.69 Å². The number of aromatic amines is 1. The molecule has 0 bridgehead atoms. The maximum absolute atomic E-state index is 11.0. The Balaban J connectivity index is 1.78. The molecule has 1 N–H and O–H groups in total. The van der Waals surface area contributed by atoms with E-state index in [1.165, 1.54) is 44.1 Å². The first-order chi connectivity index (χ1) is 9.75. The number of hydrogen-bond acceptors (Lipinski definition) is 2. The van der Waals surface area contributed by atoms with Crippen LogP contribution in [0.1, 0.15) is 44.1 Å². The highest BCUT2D eigenvalue weighted by Crippen LogP contribution is 2.31. The predicted octanol–water partition coefficient (Wildman–Crippen LogP) is 4.59. The van der Waals surface area contributed by atoms with E-state index < -0.39 is 0 Å². The molecule has 0 saturated heterocycles. The highest BCUT2D eigenvalue weighted by Gasteiger charge is 2.17. The summed E-state index contributed by atoms with van der Waals surface area (Å²) in [6, 6.07) is 5.32. The van der Waals surface area contributed by atoms with Crippen LogP contribution in [0.15, 0.2) is 24.4 Å². The number of aromatic nitrogens is 1. The molecular formula is C16H20N2O2. The molecule has 0 radical (unpaired) electrons. The van der Waals surface area contributed by atoms with Crippen molar-refractivity contribution in [3.8, 4) is 0 Å². The average Bonchev–Trinajstić information content (AvgIpc) is 2.89. The minimum Gasteiger partial charge on any atom is -0.355 e. The molecule has 0 unspecified atom stereocenters. The van der Waals surface area contributed by atoms with Crippen molar-refractivity contribution < 1.29 is 4.92 Å². The van der Waals surface area contributed by atoms with Crippen molar-refractivity contribution in [2.45, 2.75) is 44.9 Å². The molecule has 1 aromatic heterocycles. The summed E-state index contributed by atoms with van der Waals surface area (Å²) in [5.74, 6) is 0.840. The molecule has 2 aromatic rings. The summed E-state index contributed by atoms with van der Waals surface area (Å²) in [5, 5.41) is 12.0. The van der Waals surface area contributed by atoms with E-state index >= 15 is 0 Å². The number of rotatable bonds is 4. The van der Waals surface area contributed by atoms with E-state index in [4.69, 9.17) is 0 Å². The number of non-ortho nitro benzene ring substituents is 1. The van der Waals surface area contributed by atoms with Gasteiger partial charge in [0.15, 0.2) is 0 Å². The molecule has 0 spiro atoms. The number of benzene rings is 1. The van der Waals surface area contributed by atoms with Crippen molar-refractivity contribution in [3.63, 3.8) is 0 Å². The molecule has 0 atom stereocenters. The lowest BCUT2D eigenvalue weighted by Gasteiger charge is -2.21. The van der Waals surface area contributed by atoms with E-state index in [0.29, 0.717) is 5.52 Å². The smallest absolute Gasteiger partial charge is 0.293 e. The van der Waals surface area contributed by atoms with E-state index in [-0.39, 0.29) is 10.6 Å². The summed E-state index contributed by atoms with van der Waals surface area (Å²) in [5.41, 5.74) is 2.05. The maximum Gasteiger partial charge on any atom is 0.293 e. The molecule has 0 amide bonds. The zero-order chi connectivity index (χ0) is 13.9. The molecule has 1 aromatic carbocycles. The van der Waals surface area contributed by atoms with Crippen molar-refractivity contribution in [3.05, 3.63) is 40.1 Å². The van der Waals surface area contributed by atoms with Gasteiger partial charge in [0.2, 0.25) is 0 Å². The van der Waals surface area contributed by atoms with Crippen LogP contribution in [0.5, 0.6) is 0 Å². The average molecular weight is 272 g/mol. The van der Waals surface area contributed by atoms with E-state index in [1.807, 2.05) is 12.3 Å². The van der Waals surface area contributed by atoms with Gasteiger partial charge in [0.05, 0.1) is 4.92 Å². The Labute approximate surface area is 118 Å². The second kappa shape index (κ2) is 5.65. The third-order valence-corrected chi connectivity index (χ3v) is 4.52. The molecular weight excluding hydrogens is 252 g/mol. The van der Waals surface area contributed by atoms with Crippen LogP contribution >= 0.6 is 0 Å². The summed E-state index contributed by atoms with van der Waals surface area (Å²) in [4.78, 5) is 13.8. The van der Waals surface area contributed by atoms with E-state index in [0.717, 1.165) is 17.7 Å². The lowest BCUT2D eigenvalue weighted by atomic mass is 9.85. The topological polar surface area (TPSA) is 58.9 Å². The fourth-order valence-electron chi connectivity index (χ4n) is 3.39. The van der Waals surface area contributed by atoms with Gasteiger partial charge in [-0.25, -0.2) is 0 Å². The first-order valence-electron chi connectivity index (χ1n) is 7.49. The molecule has 3 rings (SSSR count). The van der Waals surface area contributed by atoms with Gasteiger partial charge in [-0.3, -0.25) is 10.1 Å². The number of para-hydroxylation sites is 1. The molecule has 1 saturated carbocycles. The van der Waals surface area contributed by atoms with E-state index in [2.05, 4.69) is 4.98 Å². The van der Waals surface area contributed by atoms with Gasteiger partial charge in [0.1, 0.15) is 5.52 Å². The van der Waals surface area contributed by atoms with Crippen LogP contribution in [0, 0.1) is 16.0 Å². The zero-order valence-electron chi connectivity index (χ0n) is 11.6. The molecule has 4 nitrogen and oxygen atoms in total. The summed E-state index contributed by atoms with van der Waals surface area (Å²) in [6.45, 7) is 0. The number of nitrogens with zero attached hydrogens (tertiary/aromatic N) is 1. The number of aryl methyl sites for hydroxylation is 1. The van der Waals surface area contributed by atoms with E-state index in [1.54, 1.807) is 12.1 Å². The van der Waals surface area contributed by atoms with Crippen molar-refractivity contribution in [1.29, 1.82) is 0 Å². The van der Waals surface area contributed by atoms with Gasteiger partial charge in [-0.05, 0) is 24.3 Å². The molecule has 106 valence electrons. The third-order valence-electron chi connectivity index (χ3n) is 4.52. The van der Waals surface area contributed by atoms with Crippen LogP contribution in [-0.4, -0.2) is 9.91 Å². The van der Waals surface area contributed by atoms with Crippen LogP contribution in [0.3, 0.4) is 0 Å². The largest absolute Gasteiger partial charge is 0.355 e. The molecule has 4 heteroatoms. The molecule has 20 heavy (non-hydrogen) atoms. The highest BCUT2D eigenvalue weighted by atomic mass is 16.6. The Morgan fingerprint density at radius 2 is 2.05 bits per heavy atom. The fraction of sp³-hybridized carbons (Fsp3) is 0.500. The Morgan fingerprint density at radius 3 is 2.80 bits per heavy atom. The Kier molecular flexibility index (Phi) is 3.72. The summed E-state index contributed by atoms with van der Waals surface area (Å²) < 4.78 is 0. The van der Waals surface area contributed by atoms with Crippen molar-refractivity contribution in [2.75, 3.05) is 0 Å². The van der Waals surface area contributed by atoms with Gasteiger partial charge in [0, 0.05) is 17.6 Å². The van der Waals surface area contributed by atoms with Gasteiger partial charge in [0.25, 0.3) is 5.69 Å². The molecule has 0 aliphatic heterocycles. The van der Waals surface area contributed by atoms with Gasteiger partial charge in [-0.2, -0.15) is 0 Å². The normalized spacial score (nSPS) is 16.6. The molecule has 1 heterocycles. The lowest BCUT2D eigenvalue weighted by molar-refractivity contribution is -0.383. The second-order valence-corrected chi connectivity index (χ2v) is 5.81. The maximum atomic E-state index is 11.0. The fourth-order valence-corrected chi connectivity index (χ4v) is 3.39. The first-order valence-corrected chi connectivity index (χ1v) is 7.49. The standard InChI is InChI=1S/C16H20N2O2/c19-18(20)15-8-4-7-14-13(11-17-16(14)15)10-9-12-5-2-1-3-6-12/h4,7-8,11-12,17H,1-3,5-6,9-10H2. The van der Waals surface area contributed by atoms with Gasteiger partial charge >= 0.3 is 0 Å². The predicted molar refractivity (Wildman–Crippen MR) is 79.8 cm³/mol. The molecule has 1 aliphatic rings. The summed E-state index contributed by atoms with van der Waals surface area (Å²) >= 11 is 0. The number of hydrogen-bond donors (Lipinski definition) is 1. The van der Waals surface area contributed by atoms with Crippen LogP contribution in [0.25, 0.3) is 10.9 Å². The number of nitrogens with one attached hydrogen (secondary N) is 1. The summed E-state index contributed by atoms with van der Waals surface area (Å²) in [6.07, 6.45) is 11.0. The number of nitro benzene ring substituents is 1. The van der Waals surface area contributed by atoms with Crippen LogP contribution < -0.4 is 0 Å². The Morgan fingerprint density at radius 1 is 1.25 bits per heavy atom. The number of fused-ring (bicyclic) bond motifs is 1. The van der Waals surface area contributed by atoms with Crippen molar-refractivity contribution in [2.24, 2.45) is 5.92 Å². The molecule has 1 fully saturated rings. The van der Waals surface area contributed by atoms with Crippen LogP contribution in [-0.2, 0) is 6.42 Å². The third kappa shape index (κ3) is 2.55. The Hall–Kier alpha value is -1.84. The minimum atomic E-state index is -0.316. The highest BCUT2D eigenvalue weighted by molar-refractivity contribution is 5.90. The van der Waals surface area contributed by atoms with Gasteiger partial charge in [-0.15, -0.1) is 0 Å². The Bertz CT molecular complexity index is 612. The quantitative estimate of drug-likeness (QED) is 0.653. The number of H-pyrrole nitrogens is 1. The van der Waals surface area contributed by atoms with Crippen molar-refractivity contribution in [1.82, 2.24) is 4.98 Å². The first kappa shape index (κ1) is 13.2. The minimum absolute atomic E-state index is 0.173. The number of nitro groups is 1. The lowest BCUT2D eigenvalue weighted by Crippen LogP contribution is -2.07. The van der Waals surface area contributed by atoms with Crippen molar-refractivity contribution >= 4 is 16.6 Å². The van der Waals surface area contributed by atoms with Crippen LogP contribution in [0.2, 0.25) is 0 Å². The second-order valence-electron chi connectivity index (χ2n) is 5.81. The van der Waals surface area contributed by atoms with E-state index in [9.17, 15) is 10.1 Å². The SMILES string of the molecule is O=[N+]([O-])c1cccc2c(CCC3CCCCC3)c[nH]c12. The molecule has 1 aliphatic carbocycles. The van der Waals surface area contributed by atoms with Gasteiger partial charge < -0.3 is 4.98 Å². The zero-order valence-corrected chi connectivity index (χ0v) is 11.6. The van der Waals surface area contributed by atoms with Gasteiger partial charge in [-0.1, -0.05) is 44.2 Å².